The molecule has 2 aromatic rings. The summed E-state index contributed by atoms with van der Waals surface area (Å²) >= 11 is 0. The van der Waals surface area contributed by atoms with Gasteiger partial charge in [-0.3, -0.25) is 0 Å². The van der Waals surface area contributed by atoms with E-state index in [0.29, 0.717) is 0 Å². The fourth-order valence-electron chi connectivity index (χ4n) is 1.94. The summed E-state index contributed by atoms with van der Waals surface area (Å²) in [5.74, 6) is 0. The van der Waals surface area contributed by atoms with Crippen molar-refractivity contribution in [3.05, 3.63) is 17.7 Å². The quantitative estimate of drug-likeness (QED) is 0.832. The number of fused-ring (bicyclic) bond motifs is 1. The minimum absolute atomic E-state index is 0.934. The second kappa shape index (κ2) is 3.88. The summed E-state index contributed by atoms with van der Waals surface area (Å²) in [6, 6.07) is 4.13. The van der Waals surface area contributed by atoms with Crippen molar-refractivity contribution in [1.29, 1.82) is 0 Å². The van der Waals surface area contributed by atoms with Crippen LogP contribution in [-0.4, -0.2) is 28.5 Å². The van der Waals surface area contributed by atoms with E-state index in [-0.39, 0.29) is 0 Å². The lowest BCUT2D eigenvalue weighted by Crippen LogP contribution is -2.22. The number of anilines is 1. The first-order valence-corrected chi connectivity index (χ1v) is 5.33. The number of benzene rings is 1. The first-order chi connectivity index (χ1) is 7.27. The predicted molar refractivity (Wildman–Crippen MR) is 62.2 cm³/mol. The van der Waals surface area contributed by atoms with Crippen LogP contribution in [0.1, 0.15) is 19.4 Å². The molecule has 0 radical (unpaired) electrons. The number of aromatic nitrogens is 3. The third-order valence-corrected chi connectivity index (χ3v) is 2.82. The lowest BCUT2D eigenvalue weighted by Gasteiger charge is -2.22. The molecule has 80 valence electrons. The van der Waals surface area contributed by atoms with Gasteiger partial charge in [0.25, 0.3) is 0 Å². The van der Waals surface area contributed by atoms with Crippen molar-refractivity contribution in [2.24, 2.45) is 0 Å². The number of H-pyrrole nitrogens is 1. The number of hydrogen-bond donors (Lipinski definition) is 1. The molecule has 0 aliphatic heterocycles. The van der Waals surface area contributed by atoms with Gasteiger partial charge < -0.3 is 4.90 Å². The van der Waals surface area contributed by atoms with Gasteiger partial charge in [-0.05, 0) is 32.9 Å². The highest BCUT2D eigenvalue weighted by atomic mass is 15.3. The zero-order valence-corrected chi connectivity index (χ0v) is 9.41. The standard InChI is InChI=1S/C11H16N4/c1-4-15(5-2)10-7-6-9-11(8(10)3)13-14-12-9/h6-7H,4-5H2,1-3H3,(H,12,13,14). The third kappa shape index (κ3) is 1.56. The van der Waals surface area contributed by atoms with Gasteiger partial charge in [-0.15, -0.1) is 0 Å². The van der Waals surface area contributed by atoms with Gasteiger partial charge in [0.2, 0.25) is 0 Å². The van der Waals surface area contributed by atoms with E-state index in [1.807, 2.05) is 6.07 Å². The van der Waals surface area contributed by atoms with Crippen LogP contribution in [0.2, 0.25) is 0 Å². The Morgan fingerprint density at radius 3 is 2.60 bits per heavy atom. The van der Waals surface area contributed by atoms with E-state index >= 15 is 0 Å². The minimum atomic E-state index is 0.934. The van der Waals surface area contributed by atoms with Crippen molar-refractivity contribution in [3.8, 4) is 0 Å². The smallest absolute Gasteiger partial charge is 0.117 e. The number of nitrogens with zero attached hydrogens (tertiary/aromatic N) is 3. The second-order valence-corrected chi connectivity index (χ2v) is 3.57. The fraction of sp³-hybridized carbons (Fsp3) is 0.455. The maximum absolute atomic E-state index is 4.17. The topological polar surface area (TPSA) is 44.8 Å². The van der Waals surface area contributed by atoms with Gasteiger partial charge in [-0.2, -0.15) is 15.4 Å². The maximum atomic E-state index is 4.17. The van der Waals surface area contributed by atoms with Crippen LogP contribution >= 0.6 is 0 Å². The first-order valence-electron chi connectivity index (χ1n) is 5.33. The molecule has 4 heteroatoms. The molecule has 15 heavy (non-hydrogen) atoms. The Bertz CT molecular complexity index is 457. The van der Waals surface area contributed by atoms with Crippen LogP contribution in [0, 0.1) is 6.92 Å². The van der Waals surface area contributed by atoms with E-state index in [4.69, 9.17) is 0 Å². The van der Waals surface area contributed by atoms with Crippen molar-refractivity contribution in [2.45, 2.75) is 20.8 Å². The van der Waals surface area contributed by atoms with Crippen molar-refractivity contribution < 1.29 is 0 Å². The Morgan fingerprint density at radius 1 is 1.20 bits per heavy atom. The predicted octanol–water partition coefficient (Wildman–Crippen LogP) is 2.11. The van der Waals surface area contributed by atoms with Gasteiger partial charge in [0, 0.05) is 24.3 Å². The van der Waals surface area contributed by atoms with Gasteiger partial charge in [0.1, 0.15) is 11.0 Å². The number of aromatic amines is 1. The van der Waals surface area contributed by atoms with Crippen LogP contribution in [0.3, 0.4) is 0 Å². The van der Waals surface area contributed by atoms with Gasteiger partial charge in [-0.1, -0.05) is 0 Å². The van der Waals surface area contributed by atoms with Crippen molar-refractivity contribution in [1.82, 2.24) is 15.4 Å². The van der Waals surface area contributed by atoms with Crippen LogP contribution in [0.4, 0.5) is 5.69 Å². The minimum Gasteiger partial charge on any atom is -0.372 e. The summed E-state index contributed by atoms with van der Waals surface area (Å²) in [6.07, 6.45) is 0. The van der Waals surface area contributed by atoms with Crippen LogP contribution in [-0.2, 0) is 0 Å². The number of aryl methyl sites for hydroxylation is 1. The molecule has 0 aliphatic carbocycles. The van der Waals surface area contributed by atoms with Crippen molar-refractivity contribution in [3.63, 3.8) is 0 Å². The monoisotopic (exact) mass is 204 g/mol. The molecule has 1 aromatic carbocycles. The van der Waals surface area contributed by atoms with Gasteiger partial charge in [0.15, 0.2) is 0 Å². The largest absolute Gasteiger partial charge is 0.372 e. The molecule has 0 unspecified atom stereocenters. The zero-order valence-electron chi connectivity index (χ0n) is 9.41. The lowest BCUT2D eigenvalue weighted by atomic mass is 10.1. The maximum Gasteiger partial charge on any atom is 0.117 e. The third-order valence-electron chi connectivity index (χ3n) is 2.82. The lowest BCUT2D eigenvalue weighted by molar-refractivity contribution is 0.862. The summed E-state index contributed by atoms with van der Waals surface area (Å²) in [7, 11) is 0. The SMILES string of the molecule is CCN(CC)c1ccc2n[nH]nc2c1C. The molecule has 0 aliphatic rings. The highest BCUT2D eigenvalue weighted by molar-refractivity contribution is 5.83. The van der Waals surface area contributed by atoms with E-state index in [1.54, 1.807) is 0 Å². The Balaban J connectivity index is 2.56. The molecule has 0 saturated heterocycles. The summed E-state index contributed by atoms with van der Waals surface area (Å²) in [5.41, 5.74) is 4.36. The molecule has 0 fully saturated rings. The molecule has 0 atom stereocenters. The van der Waals surface area contributed by atoms with E-state index in [9.17, 15) is 0 Å². The fourth-order valence-corrected chi connectivity index (χ4v) is 1.94. The van der Waals surface area contributed by atoms with E-state index < -0.39 is 0 Å². The number of nitrogens with one attached hydrogen (secondary N) is 1. The van der Waals surface area contributed by atoms with Crippen molar-refractivity contribution >= 4 is 16.7 Å². The molecular weight excluding hydrogens is 188 g/mol. The molecule has 2 rings (SSSR count). The highest BCUT2D eigenvalue weighted by Crippen LogP contribution is 2.25. The van der Waals surface area contributed by atoms with E-state index in [1.165, 1.54) is 11.3 Å². The van der Waals surface area contributed by atoms with Gasteiger partial charge >= 0.3 is 0 Å². The number of hydrogen-bond acceptors (Lipinski definition) is 3. The molecule has 1 aromatic heterocycles. The molecular formula is C11H16N4. The first kappa shape index (κ1) is 9.96. The van der Waals surface area contributed by atoms with E-state index in [0.717, 1.165) is 24.1 Å². The summed E-state index contributed by atoms with van der Waals surface area (Å²) in [4.78, 5) is 2.32. The van der Waals surface area contributed by atoms with Gasteiger partial charge in [0.05, 0.1) is 0 Å². The van der Waals surface area contributed by atoms with Crippen LogP contribution in [0.5, 0.6) is 0 Å². The summed E-state index contributed by atoms with van der Waals surface area (Å²) in [6.45, 7) is 8.45. The molecule has 1 heterocycles. The average Bonchev–Trinajstić information content (AvgIpc) is 2.71. The molecule has 0 saturated carbocycles. The average molecular weight is 204 g/mol. The summed E-state index contributed by atoms with van der Waals surface area (Å²) < 4.78 is 0. The zero-order chi connectivity index (χ0) is 10.8. The Kier molecular flexibility index (Phi) is 2.58. The Labute approximate surface area is 89.3 Å². The second-order valence-electron chi connectivity index (χ2n) is 3.57. The van der Waals surface area contributed by atoms with Crippen LogP contribution in [0.15, 0.2) is 12.1 Å². The van der Waals surface area contributed by atoms with Crippen molar-refractivity contribution in [2.75, 3.05) is 18.0 Å². The van der Waals surface area contributed by atoms with Gasteiger partial charge in [-0.25, -0.2) is 0 Å². The van der Waals surface area contributed by atoms with E-state index in [2.05, 4.69) is 47.1 Å². The van der Waals surface area contributed by atoms with Crippen LogP contribution < -0.4 is 4.90 Å². The normalized spacial score (nSPS) is 10.9. The number of rotatable bonds is 3. The summed E-state index contributed by atoms with van der Waals surface area (Å²) in [5, 5.41) is 10.9. The molecule has 0 spiro atoms. The molecule has 0 amide bonds. The Hall–Kier alpha value is -1.58. The molecule has 0 bridgehead atoms. The molecule has 4 nitrogen and oxygen atoms in total. The van der Waals surface area contributed by atoms with Crippen LogP contribution in [0.25, 0.3) is 11.0 Å². The Morgan fingerprint density at radius 2 is 1.93 bits per heavy atom. The highest BCUT2D eigenvalue weighted by Gasteiger charge is 2.10. The molecule has 1 N–H and O–H groups in total.